The minimum absolute atomic E-state index is 0.163. The molecule has 0 fully saturated rings. The minimum atomic E-state index is -4.47. The summed E-state index contributed by atoms with van der Waals surface area (Å²) in [5, 5.41) is 6.99. The molecule has 2 heterocycles. The first-order valence-electron chi connectivity index (χ1n) is 9.98. The topological polar surface area (TPSA) is 84.3 Å². The van der Waals surface area contributed by atoms with Crippen LogP contribution in [0.4, 0.5) is 13.2 Å². The fourth-order valence-electron chi connectivity index (χ4n) is 3.78. The number of imide groups is 1. The second-order valence-corrected chi connectivity index (χ2v) is 7.77. The highest BCUT2D eigenvalue weighted by molar-refractivity contribution is 6.21. The van der Waals surface area contributed by atoms with E-state index in [0.717, 1.165) is 17.0 Å². The molecule has 10 heteroatoms. The van der Waals surface area contributed by atoms with Crippen LogP contribution in [-0.4, -0.2) is 39.4 Å². The molecule has 0 bridgehead atoms. The molecule has 7 nitrogen and oxygen atoms in total. The monoisotopic (exact) mass is 456 g/mol. The van der Waals surface area contributed by atoms with Crippen LogP contribution < -0.4 is 5.32 Å². The number of aromatic nitrogens is 2. The summed E-state index contributed by atoms with van der Waals surface area (Å²) in [6, 6.07) is 8.57. The zero-order valence-corrected chi connectivity index (χ0v) is 17.9. The number of fused-ring (bicyclic) bond motifs is 1. The van der Waals surface area contributed by atoms with Gasteiger partial charge in [0, 0.05) is 23.9 Å². The van der Waals surface area contributed by atoms with E-state index < -0.39 is 35.5 Å². The van der Waals surface area contributed by atoms with Crippen LogP contribution >= 0.6 is 0 Å². The van der Waals surface area contributed by atoms with Gasteiger partial charge in [-0.05, 0) is 50.2 Å². The molecule has 170 valence electrons. The summed E-state index contributed by atoms with van der Waals surface area (Å²) in [4.78, 5) is 38.0. The molecule has 0 spiro atoms. The lowest BCUT2D eigenvalue weighted by Gasteiger charge is -2.15. The van der Waals surface area contributed by atoms with Crippen molar-refractivity contribution < 1.29 is 27.6 Å². The predicted octanol–water partition coefficient (Wildman–Crippen LogP) is 3.92. The van der Waals surface area contributed by atoms with Gasteiger partial charge in [0.2, 0.25) is 0 Å². The Kier molecular flexibility index (Phi) is 5.31. The lowest BCUT2D eigenvalue weighted by atomic mass is 10.0. The standard InChI is InChI=1S/C23H19F3N4O3/c1-12(28-20(31)14-7-8-17-18(9-14)22(33)29(3)21(17)32)19-11-27-30(13(19)2)16-6-4-5-15(10-16)23(24,25)26/h4-12H,1-3H3,(H,28,31). The molecule has 4 rings (SSSR count). The number of nitrogens with zero attached hydrogens (tertiary/aromatic N) is 3. The quantitative estimate of drug-likeness (QED) is 0.604. The number of carbonyl (C=O) groups excluding carboxylic acids is 3. The van der Waals surface area contributed by atoms with Gasteiger partial charge < -0.3 is 5.32 Å². The lowest BCUT2D eigenvalue weighted by molar-refractivity contribution is -0.137. The molecule has 33 heavy (non-hydrogen) atoms. The molecule has 1 aliphatic rings. The maximum Gasteiger partial charge on any atom is 0.416 e. The van der Waals surface area contributed by atoms with Gasteiger partial charge in [-0.1, -0.05) is 6.07 Å². The van der Waals surface area contributed by atoms with Crippen molar-refractivity contribution in [3.63, 3.8) is 0 Å². The molecule has 1 N–H and O–H groups in total. The van der Waals surface area contributed by atoms with Crippen molar-refractivity contribution in [2.75, 3.05) is 7.05 Å². The summed E-state index contributed by atoms with van der Waals surface area (Å²) in [6.45, 7) is 3.41. The largest absolute Gasteiger partial charge is 0.416 e. The highest BCUT2D eigenvalue weighted by atomic mass is 19.4. The molecule has 1 atom stereocenters. The molecular weight excluding hydrogens is 437 g/mol. The van der Waals surface area contributed by atoms with Crippen molar-refractivity contribution in [2.24, 2.45) is 0 Å². The van der Waals surface area contributed by atoms with Gasteiger partial charge in [0.05, 0.1) is 34.6 Å². The van der Waals surface area contributed by atoms with Crippen molar-refractivity contribution in [3.8, 4) is 5.69 Å². The highest BCUT2D eigenvalue weighted by Gasteiger charge is 2.33. The summed E-state index contributed by atoms with van der Waals surface area (Å²) >= 11 is 0. The Labute approximate surface area is 186 Å². The molecule has 0 radical (unpaired) electrons. The van der Waals surface area contributed by atoms with Crippen molar-refractivity contribution in [1.29, 1.82) is 0 Å². The van der Waals surface area contributed by atoms with E-state index in [1.165, 1.54) is 48.3 Å². The predicted molar refractivity (Wildman–Crippen MR) is 112 cm³/mol. The van der Waals surface area contributed by atoms with Gasteiger partial charge in [-0.15, -0.1) is 0 Å². The highest BCUT2D eigenvalue weighted by Crippen LogP contribution is 2.31. The van der Waals surface area contributed by atoms with Gasteiger partial charge in [0.1, 0.15) is 0 Å². The number of rotatable bonds is 4. The number of hydrogen-bond acceptors (Lipinski definition) is 4. The first-order valence-corrected chi connectivity index (χ1v) is 9.98. The van der Waals surface area contributed by atoms with E-state index in [1.807, 2.05) is 0 Å². The third kappa shape index (κ3) is 3.88. The SMILES string of the molecule is Cc1c(C(C)NC(=O)c2ccc3c(c2)C(=O)N(C)C3=O)cnn1-c1cccc(C(F)(F)F)c1. The van der Waals surface area contributed by atoms with E-state index in [1.54, 1.807) is 13.8 Å². The normalized spacial score (nSPS) is 14.4. The number of carbonyl (C=O) groups is 3. The number of nitrogens with one attached hydrogen (secondary N) is 1. The van der Waals surface area contributed by atoms with Gasteiger partial charge in [-0.3, -0.25) is 19.3 Å². The Hall–Kier alpha value is -3.95. The van der Waals surface area contributed by atoms with Gasteiger partial charge >= 0.3 is 6.18 Å². The van der Waals surface area contributed by atoms with Gasteiger partial charge in [-0.25, -0.2) is 4.68 Å². The molecule has 2 aromatic carbocycles. The zero-order valence-electron chi connectivity index (χ0n) is 17.9. The summed E-state index contributed by atoms with van der Waals surface area (Å²) in [5.41, 5.74) is 1.26. The zero-order chi connectivity index (χ0) is 24.1. The third-order valence-corrected chi connectivity index (χ3v) is 5.63. The Bertz CT molecular complexity index is 1300. The van der Waals surface area contributed by atoms with Crippen molar-refractivity contribution in [2.45, 2.75) is 26.1 Å². The lowest BCUT2D eigenvalue weighted by Crippen LogP contribution is -2.27. The molecular formula is C23H19F3N4O3. The van der Waals surface area contributed by atoms with Crippen LogP contribution in [0.2, 0.25) is 0 Å². The number of amides is 3. The van der Waals surface area contributed by atoms with E-state index >= 15 is 0 Å². The van der Waals surface area contributed by atoms with Crippen LogP contribution in [-0.2, 0) is 6.18 Å². The maximum atomic E-state index is 13.1. The van der Waals surface area contributed by atoms with Crippen molar-refractivity contribution >= 4 is 17.7 Å². The molecule has 1 aromatic heterocycles. The molecule has 0 saturated carbocycles. The van der Waals surface area contributed by atoms with Crippen LogP contribution in [0.1, 0.15) is 60.9 Å². The van der Waals surface area contributed by atoms with Gasteiger partial charge in [0.25, 0.3) is 17.7 Å². The Balaban J connectivity index is 1.56. The Morgan fingerprint density at radius 1 is 1.06 bits per heavy atom. The fraction of sp³-hybridized carbons (Fsp3) is 0.217. The van der Waals surface area contributed by atoms with Crippen LogP contribution in [0.15, 0.2) is 48.7 Å². The van der Waals surface area contributed by atoms with E-state index in [0.29, 0.717) is 11.3 Å². The number of halogens is 3. The van der Waals surface area contributed by atoms with Gasteiger partial charge in [0.15, 0.2) is 0 Å². The van der Waals surface area contributed by atoms with Crippen LogP contribution in [0.25, 0.3) is 5.69 Å². The molecule has 3 amide bonds. The first-order chi connectivity index (χ1) is 15.5. The average molecular weight is 456 g/mol. The molecule has 0 saturated heterocycles. The third-order valence-electron chi connectivity index (χ3n) is 5.63. The summed E-state index contributed by atoms with van der Waals surface area (Å²) in [7, 11) is 1.37. The molecule has 0 aliphatic carbocycles. The van der Waals surface area contributed by atoms with E-state index in [-0.39, 0.29) is 22.4 Å². The average Bonchev–Trinajstić information content (AvgIpc) is 3.26. The summed E-state index contributed by atoms with van der Waals surface area (Å²) in [6.07, 6.45) is -2.99. The number of benzene rings is 2. The Morgan fingerprint density at radius 2 is 1.76 bits per heavy atom. The Morgan fingerprint density at radius 3 is 2.45 bits per heavy atom. The van der Waals surface area contributed by atoms with Crippen LogP contribution in [0, 0.1) is 6.92 Å². The summed E-state index contributed by atoms with van der Waals surface area (Å²) < 4.78 is 40.5. The number of alkyl halides is 3. The molecule has 1 unspecified atom stereocenters. The van der Waals surface area contributed by atoms with E-state index in [9.17, 15) is 27.6 Å². The number of hydrogen-bond donors (Lipinski definition) is 1. The second-order valence-electron chi connectivity index (χ2n) is 7.77. The molecule has 3 aromatic rings. The minimum Gasteiger partial charge on any atom is -0.345 e. The van der Waals surface area contributed by atoms with Crippen LogP contribution in [0.5, 0.6) is 0 Å². The van der Waals surface area contributed by atoms with Gasteiger partial charge in [-0.2, -0.15) is 18.3 Å². The second kappa shape index (κ2) is 7.88. The van der Waals surface area contributed by atoms with E-state index in [4.69, 9.17) is 0 Å². The van der Waals surface area contributed by atoms with E-state index in [2.05, 4.69) is 10.4 Å². The van der Waals surface area contributed by atoms with Crippen LogP contribution in [0.3, 0.4) is 0 Å². The summed E-state index contributed by atoms with van der Waals surface area (Å²) in [5.74, 6) is -1.37. The molecule has 1 aliphatic heterocycles. The fourth-order valence-corrected chi connectivity index (χ4v) is 3.78. The van der Waals surface area contributed by atoms with Crippen molar-refractivity contribution in [1.82, 2.24) is 20.0 Å². The first kappa shape index (κ1) is 22.3. The maximum absolute atomic E-state index is 13.1. The van der Waals surface area contributed by atoms with Crippen molar-refractivity contribution in [3.05, 3.63) is 82.2 Å². The smallest absolute Gasteiger partial charge is 0.345 e.